The van der Waals surface area contributed by atoms with Gasteiger partial charge >= 0.3 is 12.4 Å². The van der Waals surface area contributed by atoms with Crippen LogP contribution in [0.2, 0.25) is 0 Å². The number of nitrogens with two attached hydrogens (primary N) is 1. The summed E-state index contributed by atoms with van der Waals surface area (Å²) < 4.78 is 72.8. The second-order valence-corrected chi connectivity index (χ2v) is 3.90. The first kappa shape index (κ1) is 12.6. The van der Waals surface area contributed by atoms with Gasteiger partial charge in [-0.15, -0.1) is 0 Å². The van der Waals surface area contributed by atoms with Crippen LogP contribution in [0.5, 0.6) is 0 Å². The molecule has 0 bridgehead atoms. The molecule has 0 heterocycles. The first-order chi connectivity index (χ1) is 6.62. The van der Waals surface area contributed by atoms with E-state index in [2.05, 4.69) is 0 Å². The van der Waals surface area contributed by atoms with Gasteiger partial charge in [0.1, 0.15) is 0 Å². The van der Waals surface area contributed by atoms with Crippen molar-refractivity contribution in [3.63, 3.8) is 0 Å². The Hall–Kier alpha value is -0.460. The third kappa shape index (κ3) is 3.55. The highest BCUT2D eigenvalue weighted by Gasteiger charge is 2.59. The first-order valence-electron chi connectivity index (χ1n) is 4.51. The van der Waals surface area contributed by atoms with E-state index in [1.165, 1.54) is 0 Å². The number of hydrogen-bond donors (Lipinski definition) is 1. The number of rotatable bonds is 3. The van der Waals surface area contributed by atoms with Crippen molar-refractivity contribution < 1.29 is 26.3 Å². The van der Waals surface area contributed by atoms with Gasteiger partial charge in [-0.05, 0) is 12.3 Å². The van der Waals surface area contributed by atoms with Gasteiger partial charge in [-0.2, -0.15) is 26.3 Å². The number of hydrogen-bond acceptors (Lipinski definition) is 1. The molecular formula is C8H11F6N. The van der Waals surface area contributed by atoms with E-state index in [1.807, 2.05) is 0 Å². The van der Waals surface area contributed by atoms with E-state index in [1.54, 1.807) is 0 Å². The Morgan fingerprint density at radius 3 is 1.67 bits per heavy atom. The molecule has 0 aromatic rings. The van der Waals surface area contributed by atoms with Crippen molar-refractivity contribution >= 4 is 0 Å². The third-order valence-corrected chi connectivity index (χ3v) is 2.44. The molecule has 0 amide bonds. The molecule has 0 aliphatic heterocycles. The van der Waals surface area contributed by atoms with Crippen molar-refractivity contribution in [3.8, 4) is 0 Å². The minimum atomic E-state index is -5.31. The molecule has 15 heavy (non-hydrogen) atoms. The van der Waals surface area contributed by atoms with Crippen LogP contribution < -0.4 is 5.73 Å². The molecule has 7 heteroatoms. The summed E-state index contributed by atoms with van der Waals surface area (Å²) in [4.78, 5) is 0. The monoisotopic (exact) mass is 235 g/mol. The molecule has 1 aliphatic rings. The lowest BCUT2D eigenvalue weighted by molar-refractivity contribution is -0.289. The van der Waals surface area contributed by atoms with Crippen LogP contribution in [-0.4, -0.2) is 18.4 Å². The molecule has 1 aliphatic carbocycles. The number of halogens is 6. The van der Waals surface area contributed by atoms with Gasteiger partial charge in [-0.25, -0.2) is 0 Å². The lowest BCUT2D eigenvalue weighted by atomic mass is 9.94. The third-order valence-electron chi connectivity index (χ3n) is 2.44. The highest BCUT2D eigenvalue weighted by atomic mass is 19.4. The maximum Gasteiger partial charge on any atom is 0.401 e. The van der Waals surface area contributed by atoms with Crippen LogP contribution in [-0.2, 0) is 0 Å². The molecule has 1 saturated carbocycles. The van der Waals surface area contributed by atoms with Gasteiger partial charge in [0.15, 0.2) is 5.92 Å². The molecule has 0 aromatic heterocycles. The van der Waals surface area contributed by atoms with Crippen molar-refractivity contribution in [2.75, 3.05) is 0 Å². The van der Waals surface area contributed by atoms with Crippen LogP contribution in [0.1, 0.15) is 19.3 Å². The highest BCUT2D eigenvalue weighted by molar-refractivity contribution is 4.89. The van der Waals surface area contributed by atoms with Gasteiger partial charge in [0, 0.05) is 6.04 Å². The van der Waals surface area contributed by atoms with Crippen LogP contribution >= 0.6 is 0 Å². The van der Waals surface area contributed by atoms with Gasteiger partial charge < -0.3 is 5.73 Å². The van der Waals surface area contributed by atoms with Crippen molar-refractivity contribution in [1.82, 2.24) is 0 Å². The summed E-state index contributed by atoms with van der Waals surface area (Å²) in [5.74, 6) is -3.46. The van der Waals surface area contributed by atoms with E-state index in [0.717, 1.165) is 0 Å². The fraction of sp³-hybridized carbons (Fsp3) is 1.00. The van der Waals surface area contributed by atoms with Crippen molar-refractivity contribution in [1.29, 1.82) is 0 Å². The Labute approximate surface area is 82.6 Å². The molecule has 1 fully saturated rings. The molecule has 0 radical (unpaired) electrons. The molecule has 90 valence electrons. The van der Waals surface area contributed by atoms with Crippen molar-refractivity contribution in [3.05, 3.63) is 0 Å². The fourth-order valence-electron chi connectivity index (χ4n) is 1.55. The van der Waals surface area contributed by atoms with E-state index >= 15 is 0 Å². The fourth-order valence-corrected chi connectivity index (χ4v) is 1.55. The summed E-state index contributed by atoms with van der Waals surface area (Å²) in [6.07, 6.45) is -9.48. The lowest BCUT2D eigenvalue weighted by Crippen LogP contribution is -2.49. The standard InChI is InChI=1S/C8H11F6N/c9-7(10,11)6(8(12,13)14)5(15)3-4-1-2-4/h4-6H,1-3,15H2. The van der Waals surface area contributed by atoms with Gasteiger partial charge in [-0.1, -0.05) is 12.8 Å². The van der Waals surface area contributed by atoms with Crippen molar-refractivity contribution in [2.45, 2.75) is 37.7 Å². The second kappa shape index (κ2) is 3.84. The van der Waals surface area contributed by atoms with E-state index < -0.39 is 24.3 Å². The van der Waals surface area contributed by atoms with Crippen LogP contribution in [0, 0.1) is 11.8 Å². The zero-order valence-corrected chi connectivity index (χ0v) is 7.70. The highest BCUT2D eigenvalue weighted by Crippen LogP contribution is 2.44. The zero-order valence-electron chi connectivity index (χ0n) is 7.70. The van der Waals surface area contributed by atoms with Crippen molar-refractivity contribution in [2.24, 2.45) is 17.6 Å². The molecular weight excluding hydrogens is 224 g/mol. The molecule has 0 saturated heterocycles. The van der Waals surface area contributed by atoms with E-state index in [-0.39, 0.29) is 12.3 Å². The topological polar surface area (TPSA) is 26.0 Å². The second-order valence-electron chi connectivity index (χ2n) is 3.90. The molecule has 1 unspecified atom stereocenters. The summed E-state index contributed by atoms with van der Waals surface area (Å²) >= 11 is 0. The zero-order chi connectivity index (χ0) is 11.9. The van der Waals surface area contributed by atoms with E-state index in [9.17, 15) is 26.3 Å². The molecule has 1 atom stereocenters. The van der Waals surface area contributed by atoms with Crippen LogP contribution in [0.4, 0.5) is 26.3 Å². The summed E-state index contributed by atoms with van der Waals surface area (Å²) in [6.45, 7) is 0. The Bertz CT molecular complexity index is 202. The normalized spacial score (nSPS) is 20.8. The van der Waals surface area contributed by atoms with Gasteiger partial charge in [0.25, 0.3) is 0 Å². The maximum atomic E-state index is 12.1. The molecule has 2 N–H and O–H groups in total. The minimum Gasteiger partial charge on any atom is -0.327 e. The number of alkyl halides is 6. The quantitative estimate of drug-likeness (QED) is 0.748. The molecule has 1 rings (SSSR count). The first-order valence-corrected chi connectivity index (χ1v) is 4.51. The van der Waals surface area contributed by atoms with Crippen LogP contribution in [0.3, 0.4) is 0 Å². The largest absolute Gasteiger partial charge is 0.401 e. The Kier molecular flexibility index (Phi) is 3.23. The molecule has 0 spiro atoms. The average molecular weight is 235 g/mol. The van der Waals surface area contributed by atoms with Gasteiger partial charge in [0.05, 0.1) is 0 Å². The summed E-state index contributed by atoms with van der Waals surface area (Å²) in [5.41, 5.74) is 4.99. The Morgan fingerprint density at radius 2 is 1.40 bits per heavy atom. The average Bonchev–Trinajstić information content (AvgIpc) is 2.62. The SMILES string of the molecule is NC(CC1CC1)C(C(F)(F)F)C(F)(F)F. The predicted octanol–water partition coefficient (Wildman–Crippen LogP) is 2.85. The Balaban J connectivity index is 2.70. The van der Waals surface area contributed by atoms with Gasteiger partial charge in [0.2, 0.25) is 0 Å². The van der Waals surface area contributed by atoms with E-state index in [0.29, 0.717) is 12.8 Å². The van der Waals surface area contributed by atoms with Crippen LogP contribution in [0.15, 0.2) is 0 Å². The summed E-state index contributed by atoms with van der Waals surface area (Å²) in [5, 5.41) is 0. The summed E-state index contributed by atoms with van der Waals surface area (Å²) in [7, 11) is 0. The Morgan fingerprint density at radius 1 is 1.00 bits per heavy atom. The smallest absolute Gasteiger partial charge is 0.327 e. The molecule has 1 nitrogen and oxygen atoms in total. The van der Waals surface area contributed by atoms with E-state index in [4.69, 9.17) is 5.73 Å². The lowest BCUT2D eigenvalue weighted by Gasteiger charge is -2.28. The molecule has 0 aromatic carbocycles. The van der Waals surface area contributed by atoms with Gasteiger partial charge in [-0.3, -0.25) is 0 Å². The predicted molar refractivity (Wildman–Crippen MR) is 40.9 cm³/mol. The minimum absolute atomic E-state index is 0.0628. The maximum absolute atomic E-state index is 12.1. The van der Waals surface area contributed by atoms with Crippen LogP contribution in [0.25, 0.3) is 0 Å². The summed E-state index contributed by atoms with van der Waals surface area (Å²) in [6, 6.07) is -1.88.